The van der Waals surface area contributed by atoms with Crippen LogP contribution < -0.4 is 10.2 Å². The molecule has 2 aromatic rings. The van der Waals surface area contributed by atoms with Crippen LogP contribution in [0, 0.1) is 6.92 Å². The molecule has 0 bridgehead atoms. The van der Waals surface area contributed by atoms with Crippen molar-refractivity contribution in [2.75, 3.05) is 29.6 Å². The van der Waals surface area contributed by atoms with Crippen LogP contribution in [-0.4, -0.2) is 33.7 Å². The molecule has 0 aliphatic carbocycles. The van der Waals surface area contributed by atoms with Gasteiger partial charge in [-0.3, -0.25) is 4.79 Å². The van der Waals surface area contributed by atoms with E-state index in [1.54, 1.807) is 12.1 Å². The van der Waals surface area contributed by atoms with E-state index in [4.69, 9.17) is 0 Å². The van der Waals surface area contributed by atoms with Gasteiger partial charge in [-0.15, -0.1) is 0 Å². The predicted molar refractivity (Wildman–Crippen MR) is 100 cm³/mol. The fourth-order valence-corrected chi connectivity index (χ4v) is 4.01. The monoisotopic (exact) mass is 358 g/mol. The second-order valence-electron chi connectivity index (χ2n) is 6.42. The van der Waals surface area contributed by atoms with Crippen LogP contribution in [0.3, 0.4) is 0 Å². The molecule has 1 saturated heterocycles. The highest BCUT2D eigenvalue weighted by atomic mass is 32.2. The van der Waals surface area contributed by atoms with Crippen LogP contribution in [0.15, 0.2) is 47.4 Å². The molecule has 0 aromatic heterocycles. The molecule has 2 aromatic carbocycles. The van der Waals surface area contributed by atoms with Crippen molar-refractivity contribution < 1.29 is 13.2 Å². The minimum atomic E-state index is -3.47. The molecule has 1 aliphatic heterocycles. The van der Waals surface area contributed by atoms with Crippen molar-refractivity contribution in [1.29, 1.82) is 0 Å². The number of rotatable bonds is 4. The summed E-state index contributed by atoms with van der Waals surface area (Å²) in [7, 11) is -3.47. The summed E-state index contributed by atoms with van der Waals surface area (Å²) < 4.78 is 23.8. The van der Waals surface area contributed by atoms with Crippen molar-refractivity contribution in [1.82, 2.24) is 0 Å². The van der Waals surface area contributed by atoms with Gasteiger partial charge in [0.15, 0.2) is 9.84 Å². The van der Waals surface area contributed by atoms with E-state index in [2.05, 4.69) is 16.3 Å². The Morgan fingerprint density at radius 1 is 1.08 bits per heavy atom. The molecule has 6 heteroatoms. The summed E-state index contributed by atoms with van der Waals surface area (Å²) in [5.41, 5.74) is 2.96. The second kappa shape index (κ2) is 6.88. The van der Waals surface area contributed by atoms with E-state index in [-0.39, 0.29) is 10.5 Å². The average molecular weight is 358 g/mol. The summed E-state index contributed by atoms with van der Waals surface area (Å²) >= 11 is 0. The molecule has 3 rings (SSSR count). The molecule has 1 amide bonds. The molecule has 1 fully saturated rings. The minimum absolute atomic E-state index is 0.0406. The fourth-order valence-electron chi connectivity index (χ4n) is 3.13. The molecule has 132 valence electrons. The van der Waals surface area contributed by atoms with E-state index < -0.39 is 15.7 Å². The van der Waals surface area contributed by atoms with Crippen molar-refractivity contribution >= 4 is 27.1 Å². The number of hydrogen-bond acceptors (Lipinski definition) is 4. The Kier molecular flexibility index (Phi) is 4.81. The molecular weight excluding hydrogens is 336 g/mol. The van der Waals surface area contributed by atoms with Crippen LogP contribution in [0.2, 0.25) is 0 Å². The maximum absolute atomic E-state index is 12.6. The lowest BCUT2D eigenvalue weighted by molar-refractivity contribution is 0.102. The lowest BCUT2D eigenvalue weighted by atomic mass is 10.1. The Labute approximate surface area is 148 Å². The number of nitrogens with one attached hydrogen (secondary N) is 1. The van der Waals surface area contributed by atoms with Gasteiger partial charge in [0.25, 0.3) is 5.91 Å². The average Bonchev–Trinajstić information content (AvgIpc) is 3.10. The Bertz CT molecular complexity index is 901. The highest BCUT2D eigenvalue weighted by Gasteiger charge is 2.19. The van der Waals surface area contributed by atoms with Gasteiger partial charge in [-0.05, 0) is 55.7 Å². The third-order valence-electron chi connectivity index (χ3n) is 4.46. The van der Waals surface area contributed by atoms with Gasteiger partial charge in [-0.2, -0.15) is 0 Å². The zero-order valence-electron chi connectivity index (χ0n) is 14.5. The van der Waals surface area contributed by atoms with E-state index in [0.717, 1.165) is 30.6 Å². The lowest BCUT2D eigenvalue weighted by Gasteiger charge is -2.19. The first-order valence-electron chi connectivity index (χ1n) is 8.32. The summed E-state index contributed by atoms with van der Waals surface area (Å²) in [5, 5.41) is 2.83. The van der Waals surface area contributed by atoms with E-state index >= 15 is 0 Å². The van der Waals surface area contributed by atoms with Crippen molar-refractivity contribution in [2.45, 2.75) is 24.7 Å². The Hall–Kier alpha value is -2.34. The molecule has 1 N–H and O–H groups in total. The third-order valence-corrected chi connectivity index (χ3v) is 5.62. The summed E-state index contributed by atoms with van der Waals surface area (Å²) in [4.78, 5) is 15.0. The fraction of sp³-hybridized carbons (Fsp3) is 0.316. The van der Waals surface area contributed by atoms with Crippen LogP contribution in [0.1, 0.15) is 28.8 Å². The molecule has 0 atom stereocenters. The first-order valence-corrected chi connectivity index (χ1v) is 10.2. The number of carbonyl (C=O) groups excluding carboxylic acids is 1. The first kappa shape index (κ1) is 17.5. The molecule has 0 saturated carbocycles. The van der Waals surface area contributed by atoms with Crippen LogP contribution in [0.25, 0.3) is 0 Å². The van der Waals surface area contributed by atoms with Crippen molar-refractivity contribution in [3.8, 4) is 0 Å². The normalized spacial score (nSPS) is 14.6. The number of nitrogens with zero attached hydrogens (tertiary/aromatic N) is 1. The second-order valence-corrected chi connectivity index (χ2v) is 8.40. The largest absolute Gasteiger partial charge is 0.372 e. The highest BCUT2D eigenvalue weighted by Crippen LogP contribution is 2.26. The summed E-state index contributed by atoms with van der Waals surface area (Å²) in [6, 6.07) is 12.2. The minimum Gasteiger partial charge on any atom is -0.372 e. The van der Waals surface area contributed by atoms with Crippen LogP contribution in [0.4, 0.5) is 11.4 Å². The van der Waals surface area contributed by atoms with E-state index in [1.165, 1.54) is 25.0 Å². The van der Waals surface area contributed by atoms with Crippen molar-refractivity contribution in [3.05, 3.63) is 53.6 Å². The molecule has 0 spiro atoms. The Balaban J connectivity index is 1.84. The van der Waals surface area contributed by atoms with Gasteiger partial charge in [0.2, 0.25) is 0 Å². The molecule has 5 nitrogen and oxygen atoms in total. The Morgan fingerprint density at radius 2 is 1.76 bits per heavy atom. The summed E-state index contributed by atoms with van der Waals surface area (Å²) in [6.07, 6.45) is 3.52. The zero-order chi connectivity index (χ0) is 18.0. The number of anilines is 2. The van der Waals surface area contributed by atoms with Gasteiger partial charge < -0.3 is 10.2 Å². The van der Waals surface area contributed by atoms with E-state index in [9.17, 15) is 13.2 Å². The van der Waals surface area contributed by atoms with Gasteiger partial charge in [0.05, 0.1) is 10.5 Å². The smallest absolute Gasteiger partial charge is 0.256 e. The molecule has 25 heavy (non-hydrogen) atoms. The zero-order valence-corrected chi connectivity index (χ0v) is 15.3. The number of sulfone groups is 1. The van der Waals surface area contributed by atoms with Crippen molar-refractivity contribution in [2.24, 2.45) is 0 Å². The first-order chi connectivity index (χ1) is 11.9. The van der Waals surface area contributed by atoms with Crippen LogP contribution in [0.5, 0.6) is 0 Å². The molecule has 1 aliphatic rings. The Morgan fingerprint density at radius 3 is 2.40 bits per heavy atom. The van der Waals surface area contributed by atoms with Gasteiger partial charge in [0.1, 0.15) is 0 Å². The van der Waals surface area contributed by atoms with E-state index in [0.29, 0.717) is 5.69 Å². The standard InChI is InChI=1S/C19H22N2O3S/c1-14-13-15(21-11-5-6-12-21)9-10-17(14)20-19(22)16-7-3-4-8-18(16)25(2,23)24/h3-4,7-10,13H,5-6,11-12H2,1-2H3,(H,20,22). The molecule has 0 radical (unpaired) electrons. The predicted octanol–water partition coefficient (Wildman–Crippen LogP) is 3.25. The van der Waals surface area contributed by atoms with Gasteiger partial charge in [-0.25, -0.2) is 8.42 Å². The summed E-state index contributed by atoms with van der Waals surface area (Å²) in [5.74, 6) is -0.418. The van der Waals surface area contributed by atoms with Gasteiger partial charge in [-0.1, -0.05) is 12.1 Å². The molecule has 1 heterocycles. The highest BCUT2D eigenvalue weighted by molar-refractivity contribution is 7.90. The number of aryl methyl sites for hydroxylation is 1. The maximum Gasteiger partial charge on any atom is 0.256 e. The summed E-state index contributed by atoms with van der Waals surface area (Å²) in [6.45, 7) is 4.07. The lowest BCUT2D eigenvalue weighted by Crippen LogP contribution is -2.19. The van der Waals surface area contributed by atoms with Crippen molar-refractivity contribution in [3.63, 3.8) is 0 Å². The number of benzene rings is 2. The van der Waals surface area contributed by atoms with E-state index in [1.807, 2.05) is 19.1 Å². The van der Waals surface area contributed by atoms with Gasteiger partial charge in [0, 0.05) is 30.7 Å². The SMILES string of the molecule is Cc1cc(N2CCCC2)ccc1NC(=O)c1ccccc1S(C)(=O)=O. The topological polar surface area (TPSA) is 66.5 Å². The third kappa shape index (κ3) is 3.85. The van der Waals surface area contributed by atoms with Crippen LogP contribution in [-0.2, 0) is 9.84 Å². The number of amides is 1. The number of carbonyl (C=O) groups is 1. The molecular formula is C19H22N2O3S. The van der Waals surface area contributed by atoms with Gasteiger partial charge >= 0.3 is 0 Å². The number of hydrogen-bond donors (Lipinski definition) is 1. The molecule has 0 unspecified atom stereocenters. The van der Waals surface area contributed by atoms with Crippen LogP contribution >= 0.6 is 0 Å². The maximum atomic E-state index is 12.6. The quantitative estimate of drug-likeness (QED) is 0.911.